The molecule has 21 heavy (non-hydrogen) atoms. The van der Waals surface area contributed by atoms with Crippen LogP contribution in [-0.2, 0) is 9.47 Å². The van der Waals surface area contributed by atoms with Crippen LogP contribution in [0.25, 0.3) is 0 Å². The van der Waals surface area contributed by atoms with Gasteiger partial charge in [-0.25, -0.2) is 4.79 Å². The Morgan fingerprint density at radius 3 is 2.76 bits per heavy atom. The molecule has 5 heteroatoms. The Labute approximate surface area is 129 Å². The number of hydrogen-bond donors (Lipinski definition) is 1. The molecule has 0 aromatic heterocycles. The molecule has 0 aromatic rings. The summed E-state index contributed by atoms with van der Waals surface area (Å²) in [7, 11) is 1.79. The maximum atomic E-state index is 11.8. The number of hydrogen-bond acceptors (Lipinski definition) is 4. The van der Waals surface area contributed by atoms with E-state index in [2.05, 4.69) is 12.2 Å². The van der Waals surface area contributed by atoms with Crippen molar-refractivity contribution in [1.29, 1.82) is 0 Å². The normalized spacial score (nSPS) is 22.9. The van der Waals surface area contributed by atoms with Crippen molar-refractivity contribution in [3.63, 3.8) is 0 Å². The van der Waals surface area contributed by atoms with Gasteiger partial charge in [0.25, 0.3) is 0 Å². The van der Waals surface area contributed by atoms with Gasteiger partial charge >= 0.3 is 6.09 Å². The maximum Gasteiger partial charge on any atom is 0.410 e. The van der Waals surface area contributed by atoms with Crippen molar-refractivity contribution >= 4 is 6.09 Å². The van der Waals surface area contributed by atoms with E-state index in [9.17, 15) is 4.79 Å². The summed E-state index contributed by atoms with van der Waals surface area (Å²) in [6.45, 7) is 10.3. The van der Waals surface area contributed by atoms with Crippen LogP contribution in [0, 0.1) is 0 Å². The summed E-state index contributed by atoms with van der Waals surface area (Å²) in [5, 5.41) is 3.57. The molecule has 124 valence electrons. The predicted octanol–water partition coefficient (Wildman–Crippen LogP) is 2.79. The monoisotopic (exact) mass is 300 g/mol. The van der Waals surface area contributed by atoms with Crippen LogP contribution in [0.5, 0.6) is 0 Å². The third-order valence-corrected chi connectivity index (χ3v) is 3.63. The first-order chi connectivity index (χ1) is 9.81. The Bertz CT molecular complexity index is 315. The first-order valence-electron chi connectivity index (χ1n) is 8.11. The van der Waals surface area contributed by atoms with Gasteiger partial charge in [0.05, 0.1) is 6.10 Å². The van der Waals surface area contributed by atoms with Gasteiger partial charge in [0.2, 0.25) is 0 Å². The van der Waals surface area contributed by atoms with E-state index in [1.165, 1.54) is 0 Å². The fourth-order valence-corrected chi connectivity index (χ4v) is 2.40. The zero-order chi connectivity index (χ0) is 15.9. The predicted molar refractivity (Wildman–Crippen MR) is 84.5 cm³/mol. The van der Waals surface area contributed by atoms with E-state index in [1.807, 2.05) is 20.8 Å². The first-order valence-corrected chi connectivity index (χ1v) is 8.11. The molecule has 0 aliphatic carbocycles. The molecule has 0 bridgehead atoms. The van der Waals surface area contributed by atoms with Crippen LogP contribution in [0.4, 0.5) is 4.79 Å². The lowest BCUT2D eigenvalue weighted by Crippen LogP contribution is -2.40. The van der Waals surface area contributed by atoms with Crippen molar-refractivity contribution in [2.45, 2.75) is 71.1 Å². The third kappa shape index (κ3) is 7.67. The number of carbonyl (C=O) groups is 1. The van der Waals surface area contributed by atoms with Crippen LogP contribution >= 0.6 is 0 Å². The van der Waals surface area contributed by atoms with Gasteiger partial charge in [-0.1, -0.05) is 6.92 Å². The van der Waals surface area contributed by atoms with Crippen LogP contribution in [0.3, 0.4) is 0 Å². The molecule has 1 N–H and O–H groups in total. The highest BCUT2D eigenvalue weighted by Crippen LogP contribution is 2.16. The highest BCUT2D eigenvalue weighted by atomic mass is 16.6. The summed E-state index contributed by atoms with van der Waals surface area (Å²) in [5.74, 6) is 0. The Kier molecular flexibility index (Phi) is 7.46. The minimum absolute atomic E-state index is 0.250. The largest absolute Gasteiger partial charge is 0.444 e. The molecule has 0 radical (unpaired) electrons. The van der Waals surface area contributed by atoms with E-state index in [-0.39, 0.29) is 6.09 Å². The molecule has 1 amide bonds. The van der Waals surface area contributed by atoms with E-state index in [1.54, 1.807) is 11.9 Å². The van der Waals surface area contributed by atoms with Gasteiger partial charge in [0, 0.05) is 26.2 Å². The van der Waals surface area contributed by atoms with E-state index in [4.69, 9.17) is 9.47 Å². The molecule has 2 unspecified atom stereocenters. The zero-order valence-electron chi connectivity index (χ0n) is 14.3. The molecular weight excluding hydrogens is 268 g/mol. The Balaban J connectivity index is 2.14. The zero-order valence-corrected chi connectivity index (χ0v) is 14.3. The minimum Gasteiger partial charge on any atom is -0.444 e. The molecule has 5 nitrogen and oxygen atoms in total. The third-order valence-electron chi connectivity index (χ3n) is 3.63. The van der Waals surface area contributed by atoms with Gasteiger partial charge in [0.15, 0.2) is 0 Å². The lowest BCUT2D eigenvalue weighted by Gasteiger charge is -2.30. The van der Waals surface area contributed by atoms with Gasteiger partial charge < -0.3 is 19.7 Å². The van der Waals surface area contributed by atoms with Crippen LogP contribution < -0.4 is 5.32 Å². The number of ether oxygens (including phenoxy) is 2. The van der Waals surface area contributed by atoms with Crippen LogP contribution in [-0.4, -0.2) is 55.5 Å². The van der Waals surface area contributed by atoms with Gasteiger partial charge in [0.1, 0.15) is 5.60 Å². The summed E-state index contributed by atoms with van der Waals surface area (Å²) in [6.07, 6.45) is 4.35. The molecule has 1 rings (SSSR count). The summed E-state index contributed by atoms with van der Waals surface area (Å²) in [4.78, 5) is 13.4. The second-order valence-corrected chi connectivity index (χ2v) is 6.83. The second kappa shape index (κ2) is 8.59. The highest BCUT2D eigenvalue weighted by Gasteiger charge is 2.21. The number of amides is 1. The fraction of sp³-hybridized carbons (Fsp3) is 0.938. The fourth-order valence-electron chi connectivity index (χ4n) is 2.40. The average molecular weight is 300 g/mol. The molecule has 0 spiro atoms. The van der Waals surface area contributed by atoms with E-state index < -0.39 is 5.60 Å². The van der Waals surface area contributed by atoms with Crippen LogP contribution in [0.1, 0.15) is 53.4 Å². The van der Waals surface area contributed by atoms with E-state index in [0.29, 0.717) is 18.7 Å². The molecule has 1 aliphatic heterocycles. The number of rotatable bonds is 6. The van der Waals surface area contributed by atoms with Crippen molar-refractivity contribution in [2.75, 3.05) is 26.7 Å². The molecule has 0 aromatic carbocycles. The standard InChI is InChI=1S/C16H32N2O3/c1-6-14-12-13(8-11-20-14)17-9-7-10-18(5)15(19)21-16(2,3)4/h13-14,17H,6-12H2,1-5H3. The average Bonchev–Trinajstić information content (AvgIpc) is 2.41. The van der Waals surface area contributed by atoms with Crippen molar-refractivity contribution < 1.29 is 14.3 Å². The molecule has 1 aliphatic rings. The second-order valence-electron chi connectivity index (χ2n) is 6.83. The summed E-state index contributed by atoms with van der Waals surface area (Å²) in [5.41, 5.74) is -0.430. The van der Waals surface area contributed by atoms with E-state index in [0.717, 1.165) is 38.8 Å². The van der Waals surface area contributed by atoms with Crippen molar-refractivity contribution in [1.82, 2.24) is 10.2 Å². The Morgan fingerprint density at radius 1 is 1.43 bits per heavy atom. The number of carbonyl (C=O) groups excluding carboxylic acids is 1. The molecule has 2 atom stereocenters. The minimum atomic E-state index is -0.430. The first kappa shape index (κ1) is 18.2. The van der Waals surface area contributed by atoms with Crippen molar-refractivity contribution in [2.24, 2.45) is 0 Å². The van der Waals surface area contributed by atoms with Crippen LogP contribution in [0.15, 0.2) is 0 Å². The quantitative estimate of drug-likeness (QED) is 0.766. The van der Waals surface area contributed by atoms with Crippen molar-refractivity contribution in [3.8, 4) is 0 Å². The Morgan fingerprint density at radius 2 is 2.14 bits per heavy atom. The summed E-state index contributed by atoms with van der Waals surface area (Å²) >= 11 is 0. The smallest absolute Gasteiger partial charge is 0.410 e. The van der Waals surface area contributed by atoms with Crippen molar-refractivity contribution in [3.05, 3.63) is 0 Å². The summed E-state index contributed by atoms with van der Waals surface area (Å²) < 4.78 is 11.0. The SMILES string of the molecule is CCC1CC(NCCCN(C)C(=O)OC(C)(C)C)CCO1. The molecule has 1 heterocycles. The number of nitrogens with zero attached hydrogens (tertiary/aromatic N) is 1. The summed E-state index contributed by atoms with van der Waals surface area (Å²) in [6, 6.07) is 0.551. The van der Waals surface area contributed by atoms with E-state index >= 15 is 0 Å². The van der Waals surface area contributed by atoms with Gasteiger partial charge in [-0.3, -0.25) is 0 Å². The van der Waals surface area contributed by atoms with Gasteiger partial charge in [-0.05, 0) is 53.0 Å². The topological polar surface area (TPSA) is 50.8 Å². The highest BCUT2D eigenvalue weighted by molar-refractivity contribution is 5.67. The Hall–Kier alpha value is -0.810. The number of nitrogens with one attached hydrogen (secondary N) is 1. The lowest BCUT2D eigenvalue weighted by molar-refractivity contribution is -0.000111. The molecule has 0 saturated carbocycles. The molecule has 1 saturated heterocycles. The lowest BCUT2D eigenvalue weighted by atomic mass is 10.0. The maximum absolute atomic E-state index is 11.8. The van der Waals surface area contributed by atoms with Gasteiger partial charge in [-0.15, -0.1) is 0 Å². The molecular formula is C16H32N2O3. The van der Waals surface area contributed by atoms with Crippen LogP contribution in [0.2, 0.25) is 0 Å². The van der Waals surface area contributed by atoms with Gasteiger partial charge in [-0.2, -0.15) is 0 Å². The molecule has 1 fully saturated rings.